The lowest BCUT2D eigenvalue weighted by molar-refractivity contribution is 0.274. The number of fused-ring (bicyclic) bond motifs is 1. The summed E-state index contributed by atoms with van der Waals surface area (Å²) in [7, 11) is 0. The van der Waals surface area contributed by atoms with Crippen LogP contribution in [0.25, 0.3) is 0 Å². The van der Waals surface area contributed by atoms with Crippen molar-refractivity contribution >= 4 is 17.3 Å². The van der Waals surface area contributed by atoms with Crippen molar-refractivity contribution in [1.82, 2.24) is 0 Å². The maximum atomic E-state index is 8.89. The Morgan fingerprint density at radius 3 is 2.90 bits per heavy atom. The van der Waals surface area contributed by atoms with Gasteiger partial charge in [-0.2, -0.15) is 5.26 Å². The Kier molecular flexibility index (Phi) is 3.49. The third kappa shape index (κ3) is 2.43. The van der Waals surface area contributed by atoms with Gasteiger partial charge < -0.3 is 10.1 Å². The van der Waals surface area contributed by atoms with Crippen LogP contribution < -0.4 is 10.1 Å². The van der Waals surface area contributed by atoms with Gasteiger partial charge in [0, 0.05) is 17.7 Å². The van der Waals surface area contributed by atoms with E-state index in [9.17, 15) is 0 Å². The van der Waals surface area contributed by atoms with Gasteiger partial charge in [0.2, 0.25) is 0 Å². The lowest BCUT2D eigenvalue weighted by atomic mass is 10.0. The molecule has 1 N–H and O–H groups in total. The molecule has 4 heteroatoms. The van der Waals surface area contributed by atoms with Crippen molar-refractivity contribution in [3.05, 3.63) is 58.6 Å². The van der Waals surface area contributed by atoms with Crippen molar-refractivity contribution in [3.8, 4) is 11.8 Å². The summed E-state index contributed by atoms with van der Waals surface area (Å²) in [6.45, 7) is 0.693. The zero-order chi connectivity index (χ0) is 13.9. The highest BCUT2D eigenvalue weighted by molar-refractivity contribution is 6.32. The number of ether oxygens (including phenoxy) is 1. The first-order valence-electron chi connectivity index (χ1n) is 6.46. The molecule has 20 heavy (non-hydrogen) atoms. The molecule has 0 fully saturated rings. The quantitative estimate of drug-likeness (QED) is 0.901. The van der Waals surface area contributed by atoms with Crippen LogP contribution in [-0.2, 0) is 0 Å². The Bertz CT molecular complexity index is 678. The normalized spacial score (nSPS) is 16.7. The summed E-state index contributed by atoms with van der Waals surface area (Å²) in [6.07, 6.45) is 0.897. The van der Waals surface area contributed by atoms with Gasteiger partial charge in [0.25, 0.3) is 0 Å². The van der Waals surface area contributed by atoms with Crippen LogP contribution in [-0.4, -0.2) is 6.61 Å². The number of anilines is 1. The minimum absolute atomic E-state index is 0.198. The molecule has 1 aliphatic heterocycles. The molecule has 0 radical (unpaired) electrons. The van der Waals surface area contributed by atoms with Crippen molar-refractivity contribution in [2.75, 3.05) is 11.9 Å². The van der Waals surface area contributed by atoms with Crippen LogP contribution in [0.1, 0.15) is 23.6 Å². The van der Waals surface area contributed by atoms with Crippen LogP contribution in [0.15, 0.2) is 42.5 Å². The highest BCUT2D eigenvalue weighted by Gasteiger charge is 2.20. The molecule has 0 saturated heterocycles. The van der Waals surface area contributed by atoms with E-state index in [0.29, 0.717) is 17.2 Å². The first-order chi connectivity index (χ1) is 9.78. The van der Waals surface area contributed by atoms with Gasteiger partial charge >= 0.3 is 0 Å². The number of para-hydroxylation sites is 1. The van der Waals surface area contributed by atoms with Gasteiger partial charge in [-0.15, -0.1) is 0 Å². The van der Waals surface area contributed by atoms with Crippen molar-refractivity contribution in [3.63, 3.8) is 0 Å². The molecule has 3 nitrogen and oxygen atoms in total. The number of rotatable bonds is 2. The van der Waals surface area contributed by atoms with Gasteiger partial charge in [-0.1, -0.05) is 29.8 Å². The highest BCUT2D eigenvalue weighted by atomic mass is 35.5. The van der Waals surface area contributed by atoms with Crippen LogP contribution in [0.4, 0.5) is 5.69 Å². The molecule has 100 valence electrons. The van der Waals surface area contributed by atoms with Gasteiger partial charge in [0.15, 0.2) is 0 Å². The lowest BCUT2D eigenvalue weighted by Gasteiger charge is -2.27. The average Bonchev–Trinajstić information content (AvgIpc) is 2.48. The molecule has 0 aliphatic carbocycles. The van der Waals surface area contributed by atoms with E-state index in [4.69, 9.17) is 21.6 Å². The molecule has 0 aromatic heterocycles. The smallest absolute Gasteiger partial charge is 0.124 e. The van der Waals surface area contributed by atoms with E-state index in [1.807, 2.05) is 24.3 Å². The average molecular weight is 285 g/mol. The topological polar surface area (TPSA) is 45.0 Å². The molecule has 2 aromatic rings. The van der Waals surface area contributed by atoms with Gasteiger partial charge in [-0.3, -0.25) is 0 Å². The van der Waals surface area contributed by atoms with Gasteiger partial charge in [0.1, 0.15) is 11.8 Å². The molecule has 0 amide bonds. The third-order valence-electron chi connectivity index (χ3n) is 3.39. The number of halogens is 1. The molecule has 1 aliphatic rings. The van der Waals surface area contributed by atoms with E-state index in [1.54, 1.807) is 12.1 Å². The summed E-state index contributed by atoms with van der Waals surface area (Å²) in [5, 5.41) is 12.8. The van der Waals surface area contributed by atoms with Crippen molar-refractivity contribution in [2.45, 2.75) is 12.5 Å². The Balaban J connectivity index is 1.86. The van der Waals surface area contributed by atoms with E-state index in [0.717, 1.165) is 23.4 Å². The zero-order valence-electron chi connectivity index (χ0n) is 10.8. The Morgan fingerprint density at radius 2 is 2.10 bits per heavy atom. The fourth-order valence-corrected chi connectivity index (χ4v) is 2.61. The second kappa shape index (κ2) is 5.44. The van der Waals surface area contributed by atoms with Gasteiger partial charge in [-0.05, 0) is 24.3 Å². The maximum Gasteiger partial charge on any atom is 0.124 e. The molecule has 2 aromatic carbocycles. The van der Waals surface area contributed by atoms with E-state index in [1.165, 1.54) is 0 Å². The molecule has 3 rings (SSSR count). The molecule has 0 saturated carbocycles. The molecule has 0 spiro atoms. The Labute approximate surface area is 122 Å². The molecular weight excluding hydrogens is 272 g/mol. The minimum atomic E-state index is 0.198. The van der Waals surface area contributed by atoms with E-state index in [-0.39, 0.29) is 6.04 Å². The fourth-order valence-electron chi connectivity index (χ4n) is 2.39. The predicted molar refractivity (Wildman–Crippen MR) is 79.1 cm³/mol. The summed E-state index contributed by atoms with van der Waals surface area (Å²) in [5.74, 6) is 0.927. The monoisotopic (exact) mass is 284 g/mol. The number of benzene rings is 2. The van der Waals surface area contributed by atoms with Crippen LogP contribution in [0, 0.1) is 11.3 Å². The van der Waals surface area contributed by atoms with Crippen LogP contribution in [0.2, 0.25) is 5.02 Å². The molecule has 1 unspecified atom stereocenters. The predicted octanol–water partition coefficient (Wildman–Crippen LogP) is 4.15. The van der Waals surface area contributed by atoms with Crippen molar-refractivity contribution < 1.29 is 4.74 Å². The molecule has 1 atom stereocenters. The number of nitrogens with one attached hydrogen (secondary N) is 1. The summed E-state index contributed by atoms with van der Waals surface area (Å²) >= 11 is 6.06. The second-order valence-corrected chi connectivity index (χ2v) is 5.09. The van der Waals surface area contributed by atoms with Crippen molar-refractivity contribution in [2.24, 2.45) is 0 Å². The molecule has 1 heterocycles. The SMILES string of the molecule is N#Cc1ccc(NC2CCOc3ccccc32)cc1Cl. The van der Waals surface area contributed by atoms with E-state index < -0.39 is 0 Å². The van der Waals surface area contributed by atoms with Gasteiger partial charge in [-0.25, -0.2) is 0 Å². The van der Waals surface area contributed by atoms with Crippen LogP contribution >= 0.6 is 11.6 Å². The first-order valence-corrected chi connectivity index (χ1v) is 6.83. The standard InChI is InChI=1S/C16H13ClN2O/c17-14-9-12(6-5-11(14)10-18)19-15-7-8-20-16-4-2-1-3-13(15)16/h1-6,9,15,19H,7-8H2. The number of hydrogen-bond donors (Lipinski definition) is 1. The zero-order valence-corrected chi connectivity index (χ0v) is 11.5. The summed E-state index contributed by atoms with van der Waals surface area (Å²) in [4.78, 5) is 0. The summed E-state index contributed by atoms with van der Waals surface area (Å²) in [5.41, 5.74) is 2.56. The Morgan fingerprint density at radius 1 is 1.25 bits per heavy atom. The van der Waals surface area contributed by atoms with Gasteiger partial charge in [0.05, 0.1) is 23.2 Å². The fraction of sp³-hybridized carbons (Fsp3) is 0.188. The largest absolute Gasteiger partial charge is 0.493 e. The Hall–Kier alpha value is -2.18. The number of nitriles is 1. The highest BCUT2D eigenvalue weighted by Crippen LogP contribution is 2.34. The first kappa shape index (κ1) is 12.8. The minimum Gasteiger partial charge on any atom is -0.493 e. The second-order valence-electron chi connectivity index (χ2n) is 4.68. The third-order valence-corrected chi connectivity index (χ3v) is 3.70. The van der Waals surface area contributed by atoms with Crippen molar-refractivity contribution in [1.29, 1.82) is 5.26 Å². The van der Waals surface area contributed by atoms with E-state index in [2.05, 4.69) is 17.5 Å². The van der Waals surface area contributed by atoms with E-state index >= 15 is 0 Å². The van der Waals surface area contributed by atoms with Crippen LogP contribution in [0.3, 0.4) is 0 Å². The summed E-state index contributed by atoms with van der Waals surface area (Å²) < 4.78 is 5.64. The molecule has 0 bridgehead atoms. The van der Waals surface area contributed by atoms with Crippen LogP contribution in [0.5, 0.6) is 5.75 Å². The molecular formula is C16H13ClN2O. The number of nitrogens with zero attached hydrogens (tertiary/aromatic N) is 1. The summed E-state index contributed by atoms with van der Waals surface area (Å²) in [6, 6.07) is 15.7. The lowest BCUT2D eigenvalue weighted by Crippen LogP contribution is -2.20. The number of hydrogen-bond acceptors (Lipinski definition) is 3. The maximum absolute atomic E-state index is 8.89.